The van der Waals surface area contributed by atoms with E-state index in [1.165, 1.54) is 17.7 Å². The largest absolute Gasteiger partial charge is 0.376 e. The van der Waals surface area contributed by atoms with Crippen LogP contribution < -0.4 is 10.6 Å². The van der Waals surface area contributed by atoms with Gasteiger partial charge in [-0.05, 0) is 62.4 Å². The molecule has 1 aliphatic rings. The number of anilines is 3. The summed E-state index contributed by atoms with van der Waals surface area (Å²) in [4.78, 5) is 19.4. The molecule has 0 bridgehead atoms. The highest BCUT2D eigenvalue weighted by Gasteiger charge is 2.24. The fourth-order valence-electron chi connectivity index (χ4n) is 3.93. The summed E-state index contributed by atoms with van der Waals surface area (Å²) in [5.74, 6) is 1.11. The predicted octanol–water partition coefficient (Wildman–Crippen LogP) is 5.93. The van der Waals surface area contributed by atoms with Crippen LogP contribution >= 0.6 is 0 Å². The van der Waals surface area contributed by atoms with E-state index in [1.54, 1.807) is 23.2 Å². The first-order chi connectivity index (χ1) is 17.0. The molecule has 1 amide bonds. The average molecular weight is 468 g/mol. The van der Waals surface area contributed by atoms with Crippen LogP contribution in [0.4, 0.5) is 21.6 Å². The molecule has 4 aromatic rings. The minimum absolute atomic E-state index is 0.0625. The summed E-state index contributed by atoms with van der Waals surface area (Å²) in [5.41, 5.74) is 5.62. The van der Waals surface area contributed by atoms with Crippen LogP contribution in [-0.2, 0) is 11.3 Å². The minimum Gasteiger partial charge on any atom is -0.376 e. The van der Waals surface area contributed by atoms with Crippen LogP contribution in [0.5, 0.6) is 0 Å². The molecule has 1 aliphatic heterocycles. The van der Waals surface area contributed by atoms with Crippen molar-refractivity contribution in [2.45, 2.75) is 20.4 Å². The van der Waals surface area contributed by atoms with Crippen molar-refractivity contribution in [2.75, 3.05) is 17.2 Å². The van der Waals surface area contributed by atoms with Gasteiger partial charge in [-0.25, -0.2) is 9.37 Å². The molecule has 2 N–H and O–H groups in total. The highest BCUT2D eigenvalue weighted by molar-refractivity contribution is 5.83. The number of imidazole rings is 1. The fourth-order valence-corrected chi connectivity index (χ4v) is 3.93. The number of aromatic nitrogens is 2. The van der Waals surface area contributed by atoms with E-state index in [4.69, 9.17) is 4.98 Å². The van der Waals surface area contributed by atoms with E-state index in [2.05, 4.69) is 10.6 Å². The molecule has 0 saturated carbocycles. The number of amides is 1. The molecule has 1 aromatic heterocycles. The second-order valence-electron chi connectivity index (χ2n) is 8.63. The third-order valence-electron chi connectivity index (χ3n) is 5.94. The Kier molecular flexibility index (Phi) is 6.06. The first kappa shape index (κ1) is 22.4. The van der Waals surface area contributed by atoms with Gasteiger partial charge in [-0.15, -0.1) is 0 Å². The summed E-state index contributed by atoms with van der Waals surface area (Å²) in [6, 6.07) is 22.3. The Hall–Kier alpha value is -4.39. The maximum Gasteiger partial charge on any atom is 0.246 e. The Morgan fingerprint density at radius 3 is 2.17 bits per heavy atom. The molecule has 0 atom stereocenters. The zero-order chi connectivity index (χ0) is 24.4. The van der Waals surface area contributed by atoms with Crippen molar-refractivity contribution in [3.8, 4) is 11.3 Å². The van der Waals surface area contributed by atoms with Gasteiger partial charge in [0.1, 0.15) is 23.2 Å². The molecule has 6 nitrogen and oxygen atoms in total. The van der Waals surface area contributed by atoms with Crippen molar-refractivity contribution in [3.05, 3.63) is 102 Å². The van der Waals surface area contributed by atoms with Crippen molar-refractivity contribution >= 4 is 29.3 Å². The van der Waals surface area contributed by atoms with Crippen LogP contribution in [0.15, 0.2) is 79.0 Å². The van der Waals surface area contributed by atoms with Crippen molar-refractivity contribution in [1.82, 2.24) is 14.5 Å². The molecule has 0 aliphatic carbocycles. The molecular formula is C28H26FN5O. The third-order valence-corrected chi connectivity index (χ3v) is 5.94. The number of hydrogen-bond acceptors (Lipinski definition) is 4. The van der Waals surface area contributed by atoms with Gasteiger partial charge in [0.15, 0.2) is 0 Å². The number of fused-ring (bicyclic) bond motifs is 1. The second kappa shape index (κ2) is 9.46. The van der Waals surface area contributed by atoms with Crippen molar-refractivity contribution in [3.63, 3.8) is 0 Å². The second-order valence-corrected chi connectivity index (χ2v) is 8.63. The Morgan fingerprint density at radius 2 is 1.51 bits per heavy atom. The van der Waals surface area contributed by atoms with Crippen LogP contribution in [0, 0.1) is 19.7 Å². The third kappa shape index (κ3) is 4.94. The Balaban J connectivity index is 1.40. The lowest BCUT2D eigenvalue weighted by atomic mass is 10.1. The molecule has 0 spiro atoms. The number of nitrogens with one attached hydrogen (secondary N) is 2. The zero-order valence-electron chi connectivity index (χ0n) is 19.6. The fraction of sp³-hybridized carbons (Fsp3) is 0.143. The smallest absolute Gasteiger partial charge is 0.246 e. The molecule has 176 valence electrons. The quantitative estimate of drug-likeness (QED) is 0.369. The molecule has 35 heavy (non-hydrogen) atoms. The standard InChI is InChI=1S/C28H26FN5O/c1-19-3-11-23(12-4-19)30-17-26(35)33-15-16-34-25(18-33)32-27(21-7-9-22(29)10-8-21)28(34)31-24-13-5-20(2)6-14-24/h3-16,30-31H,17-18H2,1-2H3. The van der Waals surface area contributed by atoms with Gasteiger partial charge in [0, 0.05) is 29.3 Å². The van der Waals surface area contributed by atoms with Crippen molar-refractivity contribution < 1.29 is 9.18 Å². The molecule has 0 saturated heterocycles. The Labute approximate surface area is 203 Å². The van der Waals surface area contributed by atoms with Crippen molar-refractivity contribution in [2.24, 2.45) is 0 Å². The minimum atomic E-state index is -0.302. The first-order valence-electron chi connectivity index (χ1n) is 11.5. The van der Waals surface area contributed by atoms with Crippen LogP contribution in [0.1, 0.15) is 17.0 Å². The topological polar surface area (TPSA) is 62.2 Å². The van der Waals surface area contributed by atoms with E-state index in [9.17, 15) is 9.18 Å². The molecule has 3 aromatic carbocycles. The Bertz CT molecular complexity index is 1370. The van der Waals surface area contributed by atoms with Gasteiger partial charge in [0.25, 0.3) is 0 Å². The summed E-state index contributed by atoms with van der Waals surface area (Å²) < 4.78 is 15.5. The predicted molar refractivity (Wildman–Crippen MR) is 138 cm³/mol. The first-order valence-corrected chi connectivity index (χ1v) is 11.5. The summed E-state index contributed by atoms with van der Waals surface area (Å²) >= 11 is 0. The number of carbonyl (C=O) groups excluding carboxylic acids is 1. The van der Waals surface area contributed by atoms with Gasteiger partial charge >= 0.3 is 0 Å². The summed E-state index contributed by atoms with van der Waals surface area (Å²) in [5, 5.41) is 6.63. The van der Waals surface area contributed by atoms with Crippen LogP contribution in [-0.4, -0.2) is 26.9 Å². The van der Waals surface area contributed by atoms with Crippen molar-refractivity contribution in [1.29, 1.82) is 0 Å². The lowest BCUT2D eigenvalue weighted by Gasteiger charge is -2.23. The van der Waals surface area contributed by atoms with Crippen LogP contribution in [0.25, 0.3) is 17.5 Å². The molecular weight excluding hydrogens is 441 g/mol. The Morgan fingerprint density at radius 1 is 0.886 bits per heavy atom. The zero-order valence-corrected chi connectivity index (χ0v) is 19.6. The van der Waals surface area contributed by atoms with Gasteiger partial charge in [-0.3, -0.25) is 9.36 Å². The maximum absolute atomic E-state index is 13.6. The van der Waals surface area contributed by atoms with E-state index >= 15 is 0 Å². The molecule has 0 radical (unpaired) electrons. The SMILES string of the molecule is Cc1ccc(NCC(=O)N2C=Cn3c(nc(-c4ccc(F)cc4)c3Nc3ccc(C)cc3)C2)cc1. The monoisotopic (exact) mass is 467 g/mol. The van der Waals surface area contributed by atoms with E-state index in [-0.39, 0.29) is 18.3 Å². The normalized spacial score (nSPS) is 12.4. The molecule has 0 fully saturated rings. The van der Waals surface area contributed by atoms with Gasteiger partial charge < -0.3 is 15.5 Å². The average Bonchev–Trinajstić information content (AvgIpc) is 3.22. The summed E-state index contributed by atoms with van der Waals surface area (Å²) in [6.07, 6.45) is 3.60. The van der Waals surface area contributed by atoms with E-state index in [1.807, 2.05) is 73.1 Å². The van der Waals surface area contributed by atoms with Gasteiger partial charge in [0.05, 0.1) is 13.1 Å². The molecule has 2 heterocycles. The lowest BCUT2D eigenvalue weighted by Crippen LogP contribution is -2.33. The number of nitrogens with zero attached hydrogens (tertiary/aromatic N) is 3. The van der Waals surface area contributed by atoms with Gasteiger partial charge in [-0.2, -0.15) is 0 Å². The van der Waals surface area contributed by atoms with E-state index in [0.29, 0.717) is 18.1 Å². The number of benzene rings is 3. The molecule has 5 rings (SSSR count). The molecule has 7 heteroatoms. The number of hydrogen-bond donors (Lipinski definition) is 2. The highest BCUT2D eigenvalue weighted by atomic mass is 19.1. The number of aryl methyl sites for hydroxylation is 2. The lowest BCUT2D eigenvalue weighted by molar-refractivity contribution is -0.127. The van der Waals surface area contributed by atoms with E-state index in [0.717, 1.165) is 28.3 Å². The van der Waals surface area contributed by atoms with Crippen LogP contribution in [0.2, 0.25) is 0 Å². The number of carbonyl (C=O) groups is 1. The van der Waals surface area contributed by atoms with Gasteiger partial charge in [-0.1, -0.05) is 35.4 Å². The number of rotatable bonds is 6. The summed E-state index contributed by atoms with van der Waals surface area (Å²) in [6.45, 7) is 4.57. The van der Waals surface area contributed by atoms with Crippen LogP contribution in [0.3, 0.4) is 0 Å². The highest BCUT2D eigenvalue weighted by Crippen LogP contribution is 2.33. The van der Waals surface area contributed by atoms with Gasteiger partial charge in [0.2, 0.25) is 5.91 Å². The summed E-state index contributed by atoms with van der Waals surface area (Å²) in [7, 11) is 0. The number of halogens is 1. The molecule has 0 unspecified atom stereocenters. The maximum atomic E-state index is 13.6. The van der Waals surface area contributed by atoms with E-state index < -0.39 is 0 Å².